The van der Waals surface area contributed by atoms with Gasteiger partial charge in [-0.3, -0.25) is 9.78 Å². The zero-order chi connectivity index (χ0) is 17.0. The van der Waals surface area contributed by atoms with E-state index >= 15 is 0 Å². The molecule has 0 fully saturated rings. The lowest BCUT2D eigenvalue weighted by Gasteiger charge is -2.22. The van der Waals surface area contributed by atoms with E-state index in [1.54, 1.807) is 18.0 Å². The third-order valence-electron chi connectivity index (χ3n) is 3.70. The number of hydrogen-bond acceptors (Lipinski definition) is 4. The number of carbonyl (C=O) groups is 1. The lowest BCUT2D eigenvalue weighted by Crippen LogP contribution is -2.37. The zero-order valence-electron chi connectivity index (χ0n) is 13.9. The minimum atomic E-state index is 0.185. The van der Waals surface area contributed by atoms with E-state index in [4.69, 9.17) is 5.73 Å². The molecule has 0 spiro atoms. The van der Waals surface area contributed by atoms with Crippen molar-refractivity contribution in [1.82, 2.24) is 9.88 Å². The van der Waals surface area contributed by atoms with E-state index in [0.29, 0.717) is 19.5 Å². The molecule has 0 aliphatic rings. The zero-order valence-corrected chi connectivity index (χ0v) is 14.8. The number of rotatable bonds is 10. The highest BCUT2D eigenvalue weighted by molar-refractivity contribution is 7.98. The molecule has 2 rings (SSSR count). The van der Waals surface area contributed by atoms with E-state index in [0.717, 1.165) is 30.2 Å². The van der Waals surface area contributed by atoms with Gasteiger partial charge in [0.05, 0.1) is 5.69 Å². The van der Waals surface area contributed by atoms with Gasteiger partial charge >= 0.3 is 0 Å². The maximum Gasteiger partial charge on any atom is 0.223 e. The van der Waals surface area contributed by atoms with Crippen molar-refractivity contribution in [2.75, 3.05) is 25.4 Å². The lowest BCUT2D eigenvalue weighted by atomic mass is 10.1. The van der Waals surface area contributed by atoms with Crippen molar-refractivity contribution >= 4 is 17.7 Å². The van der Waals surface area contributed by atoms with Gasteiger partial charge in [-0.2, -0.15) is 11.8 Å². The predicted octanol–water partition coefficient (Wildman–Crippen LogP) is 2.73. The summed E-state index contributed by atoms with van der Waals surface area (Å²) in [6.45, 7) is 1.85. The van der Waals surface area contributed by atoms with Crippen LogP contribution in [-0.4, -0.2) is 41.2 Å². The molecule has 1 amide bonds. The number of hydrogen-bond donors (Lipinski definition) is 1. The fourth-order valence-corrected chi connectivity index (χ4v) is 3.25. The highest BCUT2D eigenvalue weighted by Gasteiger charge is 2.12. The Labute approximate surface area is 148 Å². The van der Waals surface area contributed by atoms with Crippen molar-refractivity contribution in [3.63, 3.8) is 0 Å². The van der Waals surface area contributed by atoms with Gasteiger partial charge in [-0.05, 0) is 24.1 Å². The first-order chi connectivity index (χ1) is 11.8. The molecule has 0 saturated carbocycles. The minimum absolute atomic E-state index is 0.185. The van der Waals surface area contributed by atoms with Gasteiger partial charge in [-0.1, -0.05) is 36.4 Å². The van der Waals surface area contributed by atoms with Crippen molar-refractivity contribution in [1.29, 1.82) is 0 Å². The Morgan fingerprint density at radius 2 is 1.88 bits per heavy atom. The second-order valence-electron chi connectivity index (χ2n) is 5.53. The Kier molecular flexibility index (Phi) is 8.35. The smallest absolute Gasteiger partial charge is 0.223 e. The summed E-state index contributed by atoms with van der Waals surface area (Å²) in [6.07, 6.45) is 3.22. The SMILES string of the molecule is NCCN(CCc1ccccc1)C(=O)CCSCc1ccccn1. The molecule has 1 heterocycles. The summed E-state index contributed by atoms with van der Waals surface area (Å²) in [5, 5.41) is 0. The minimum Gasteiger partial charge on any atom is -0.341 e. The molecule has 0 unspecified atom stereocenters. The second-order valence-corrected chi connectivity index (χ2v) is 6.63. The summed E-state index contributed by atoms with van der Waals surface area (Å²) in [5.74, 6) is 1.83. The average Bonchev–Trinajstić information content (AvgIpc) is 2.64. The number of nitrogens with zero attached hydrogens (tertiary/aromatic N) is 2. The van der Waals surface area contributed by atoms with E-state index < -0.39 is 0 Å². The van der Waals surface area contributed by atoms with E-state index in [-0.39, 0.29) is 5.91 Å². The van der Waals surface area contributed by atoms with E-state index in [1.807, 2.05) is 41.3 Å². The monoisotopic (exact) mass is 343 g/mol. The fourth-order valence-electron chi connectivity index (χ4n) is 2.40. The second kappa shape index (κ2) is 10.8. The van der Waals surface area contributed by atoms with Crippen LogP contribution in [0.1, 0.15) is 17.7 Å². The number of carbonyl (C=O) groups excluding carboxylic acids is 1. The molecule has 0 saturated heterocycles. The first-order valence-corrected chi connectivity index (χ1v) is 9.44. The molecule has 5 heteroatoms. The Hall–Kier alpha value is -1.85. The average molecular weight is 343 g/mol. The van der Waals surface area contributed by atoms with Gasteiger partial charge in [-0.15, -0.1) is 0 Å². The fraction of sp³-hybridized carbons (Fsp3) is 0.368. The van der Waals surface area contributed by atoms with Crippen LogP contribution in [0.15, 0.2) is 54.7 Å². The number of nitrogens with two attached hydrogens (primary N) is 1. The third-order valence-corrected chi connectivity index (χ3v) is 4.69. The number of amides is 1. The van der Waals surface area contributed by atoms with Gasteiger partial charge in [0.1, 0.15) is 0 Å². The summed E-state index contributed by atoms with van der Waals surface area (Å²) >= 11 is 1.74. The predicted molar refractivity (Wildman–Crippen MR) is 101 cm³/mol. The van der Waals surface area contributed by atoms with Crippen LogP contribution in [0.5, 0.6) is 0 Å². The Morgan fingerprint density at radius 3 is 2.58 bits per heavy atom. The Morgan fingerprint density at radius 1 is 1.08 bits per heavy atom. The van der Waals surface area contributed by atoms with Crippen LogP contribution in [0.25, 0.3) is 0 Å². The quantitative estimate of drug-likeness (QED) is 0.674. The van der Waals surface area contributed by atoms with Crippen LogP contribution < -0.4 is 5.73 Å². The molecule has 0 aliphatic heterocycles. The molecule has 0 bridgehead atoms. The molecule has 0 radical (unpaired) electrons. The van der Waals surface area contributed by atoms with Crippen molar-refractivity contribution in [3.05, 3.63) is 66.0 Å². The van der Waals surface area contributed by atoms with Crippen molar-refractivity contribution in [3.8, 4) is 0 Å². The largest absolute Gasteiger partial charge is 0.341 e. The van der Waals surface area contributed by atoms with Crippen LogP contribution in [0.4, 0.5) is 0 Å². The number of thioether (sulfide) groups is 1. The molecular weight excluding hydrogens is 318 g/mol. The highest BCUT2D eigenvalue weighted by Crippen LogP contribution is 2.12. The number of aromatic nitrogens is 1. The molecular formula is C19H25N3OS. The third kappa shape index (κ3) is 6.72. The molecule has 24 heavy (non-hydrogen) atoms. The van der Waals surface area contributed by atoms with Gasteiger partial charge in [-0.25, -0.2) is 0 Å². The van der Waals surface area contributed by atoms with E-state index in [2.05, 4.69) is 17.1 Å². The summed E-state index contributed by atoms with van der Waals surface area (Å²) in [4.78, 5) is 18.6. The summed E-state index contributed by atoms with van der Waals surface area (Å²) in [6, 6.07) is 16.1. The van der Waals surface area contributed by atoms with Crippen molar-refractivity contribution in [2.24, 2.45) is 5.73 Å². The summed E-state index contributed by atoms with van der Waals surface area (Å²) < 4.78 is 0. The van der Waals surface area contributed by atoms with Crippen molar-refractivity contribution in [2.45, 2.75) is 18.6 Å². The van der Waals surface area contributed by atoms with Crippen molar-refractivity contribution < 1.29 is 4.79 Å². The van der Waals surface area contributed by atoms with Gasteiger partial charge in [0, 0.05) is 43.8 Å². The van der Waals surface area contributed by atoms with Crippen LogP contribution in [-0.2, 0) is 17.0 Å². The molecule has 4 nitrogen and oxygen atoms in total. The van der Waals surface area contributed by atoms with E-state index in [9.17, 15) is 4.79 Å². The summed E-state index contributed by atoms with van der Waals surface area (Å²) in [5.41, 5.74) is 7.96. The molecule has 128 valence electrons. The van der Waals surface area contributed by atoms with Crippen LogP contribution >= 0.6 is 11.8 Å². The van der Waals surface area contributed by atoms with Gasteiger partial charge in [0.15, 0.2) is 0 Å². The molecule has 1 aromatic carbocycles. The normalized spacial score (nSPS) is 10.5. The van der Waals surface area contributed by atoms with Gasteiger partial charge in [0.25, 0.3) is 0 Å². The van der Waals surface area contributed by atoms with Gasteiger partial charge < -0.3 is 10.6 Å². The number of pyridine rings is 1. The Balaban J connectivity index is 1.72. The molecule has 2 aromatic rings. The van der Waals surface area contributed by atoms with Gasteiger partial charge in [0.2, 0.25) is 5.91 Å². The molecule has 2 N–H and O–H groups in total. The van der Waals surface area contributed by atoms with Crippen LogP contribution in [0.2, 0.25) is 0 Å². The first kappa shape index (κ1) is 18.5. The highest BCUT2D eigenvalue weighted by atomic mass is 32.2. The summed E-state index contributed by atoms with van der Waals surface area (Å²) in [7, 11) is 0. The van der Waals surface area contributed by atoms with E-state index in [1.165, 1.54) is 5.56 Å². The van der Waals surface area contributed by atoms with Crippen LogP contribution in [0, 0.1) is 0 Å². The maximum atomic E-state index is 12.4. The Bertz CT molecular complexity index is 592. The maximum absolute atomic E-state index is 12.4. The molecule has 1 aromatic heterocycles. The first-order valence-electron chi connectivity index (χ1n) is 8.29. The number of benzene rings is 1. The topological polar surface area (TPSA) is 59.2 Å². The lowest BCUT2D eigenvalue weighted by molar-refractivity contribution is -0.130. The van der Waals surface area contributed by atoms with Crippen LogP contribution in [0.3, 0.4) is 0 Å². The molecule has 0 aliphatic carbocycles. The standard InChI is InChI=1S/C19H25N3OS/c20-11-14-22(13-9-17-6-2-1-3-7-17)19(23)10-15-24-16-18-8-4-5-12-21-18/h1-8,12H,9-11,13-16,20H2. The molecule has 0 atom stereocenters.